The average Bonchev–Trinajstić information content (AvgIpc) is 3.37. The van der Waals surface area contributed by atoms with Gasteiger partial charge >= 0.3 is 23.9 Å². The summed E-state index contributed by atoms with van der Waals surface area (Å²) in [6.45, 7) is 21.9. The number of aliphatic hydroxyl groups is 4. The maximum atomic E-state index is 11.9. The Morgan fingerprint density at radius 3 is 0.880 bits per heavy atom. The Morgan fingerprint density at radius 2 is 0.653 bits per heavy atom. The number of carbonyl (C=O) groups excluding carboxylic acids is 4. The zero-order valence-corrected chi connectivity index (χ0v) is 43.6. The van der Waals surface area contributed by atoms with Crippen LogP contribution in [-0.2, 0) is 49.0 Å². The zero-order chi connectivity index (χ0) is 55.0. The Bertz CT molecular complexity index is 2210. The van der Waals surface area contributed by atoms with Gasteiger partial charge in [-0.15, -0.1) is 26.3 Å². The highest BCUT2D eigenvalue weighted by molar-refractivity contribution is 5.72. The molecule has 4 rings (SSSR count). The summed E-state index contributed by atoms with van der Waals surface area (Å²) in [6, 6.07) is 30.2. The van der Waals surface area contributed by atoms with Crippen molar-refractivity contribution in [2.75, 3.05) is 62.4 Å². The van der Waals surface area contributed by atoms with Crippen LogP contribution in [0.2, 0.25) is 0 Å². The molecule has 4 N–H and O–H groups in total. The molecule has 0 bridgehead atoms. The molecule has 0 aromatic heterocycles. The fraction of sp³-hybridized carbons (Fsp3) is 0.390. The van der Waals surface area contributed by atoms with E-state index >= 15 is 0 Å². The molecule has 75 heavy (non-hydrogen) atoms. The number of ether oxygens (including phenoxy) is 6. The number of nitrogens with zero attached hydrogens (tertiary/aromatic N) is 2. The minimum atomic E-state index is -1.08. The lowest BCUT2D eigenvalue weighted by Crippen LogP contribution is -2.41. The van der Waals surface area contributed by atoms with Crippen LogP contribution >= 0.6 is 0 Å². The van der Waals surface area contributed by atoms with Crippen LogP contribution in [0.15, 0.2) is 148 Å². The van der Waals surface area contributed by atoms with E-state index in [1.165, 1.54) is 24.3 Å². The van der Waals surface area contributed by atoms with E-state index in [0.29, 0.717) is 34.4 Å². The Kier molecular flexibility index (Phi) is 24.3. The second-order valence-corrected chi connectivity index (χ2v) is 19.3. The van der Waals surface area contributed by atoms with Gasteiger partial charge in [0, 0.05) is 37.6 Å². The van der Waals surface area contributed by atoms with Gasteiger partial charge in [0.25, 0.3) is 0 Å². The molecule has 0 radical (unpaired) electrons. The third kappa shape index (κ3) is 21.3. The molecule has 16 heteroatoms. The van der Waals surface area contributed by atoms with Crippen molar-refractivity contribution in [1.29, 1.82) is 0 Å². The summed E-state index contributed by atoms with van der Waals surface area (Å²) < 4.78 is 33.0. The standard InChI is InChI=1S/C59H74N2O14/c1-9-13-54(66)70-37-46(62)33-60(34-47(63)38-71-55(67)14-10-2)44-21-29-52(30-22-44)74-50-25-17-42(18-26-50)58(5,6)41-59(7,8)43-19-27-51(28-20-43)75-53-31-23-45(24-32-53)61(35-48(64)39-72-56(68)15-11-3)36-49(65)40-73-57(69)16-12-4/h9-12,17-32,46-49,62-65H,1-4,13-16,33-41H2,5-8H3. The molecular formula is C59H74N2O14. The summed E-state index contributed by atoms with van der Waals surface area (Å²) in [6.07, 6.45) is 2.19. The molecular weight excluding hydrogens is 961 g/mol. The highest BCUT2D eigenvalue weighted by atomic mass is 16.6. The predicted octanol–water partition coefficient (Wildman–Crippen LogP) is 8.45. The highest BCUT2D eigenvalue weighted by Crippen LogP contribution is 2.40. The summed E-state index contributed by atoms with van der Waals surface area (Å²) >= 11 is 0. The first kappa shape index (κ1) is 60.3. The Hall–Kier alpha value is -7.24. The van der Waals surface area contributed by atoms with Crippen LogP contribution in [0, 0.1) is 0 Å². The smallest absolute Gasteiger partial charge is 0.309 e. The fourth-order valence-electron chi connectivity index (χ4n) is 8.24. The number of aliphatic hydroxyl groups excluding tert-OH is 4. The van der Waals surface area contributed by atoms with Gasteiger partial charge in [0.05, 0.1) is 25.7 Å². The van der Waals surface area contributed by atoms with E-state index in [-0.39, 0.29) is 89.1 Å². The monoisotopic (exact) mass is 1030 g/mol. The number of anilines is 2. The summed E-state index contributed by atoms with van der Waals surface area (Å²) in [5, 5.41) is 42.9. The third-order valence-electron chi connectivity index (χ3n) is 11.7. The Balaban J connectivity index is 1.37. The highest BCUT2D eigenvalue weighted by Gasteiger charge is 2.32. The van der Waals surface area contributed by atoms with Crippen molar-refractivity contribution in [3.8, 4) is 23.0 Å². The minimum Gasteiger partial charge on any atom is -0.463 e. The van der Waals surface area contributed by atoms with E-state index in [9.17, 15) is 39.6 Å². The number of carbonyl (C=O) groups is 4. The molecule has 4 atom stereocenters. The van der Waals surface area contributed by atoms with Crippen LogP contribution in [0.4, 0.5) is 11.4 Å². The first-order chi connectivity index (χ1) is 35.7. The van der Waals surface area contributed by atoms with Crippen LogP contribution in [-0.4, -0.2) is 121 Å². The van der Waals surface area contributed by atoms with Gasteiger partial charge in [-0.25, -0.2) is 0 Å². The van der Waals surface area contributed by atoms with Gasteiger partial charge in [0.2, 0.25) is 0 Å². The molecule has 0 aliphatic rings. The van der Waals surface area contributed by atoms with E-state index < -0.39 is 48.3 Å². The third-order valence-corrected chi connectivity index (χ3v) is 11.7. The lowest BCUT2D eigenvalue weighted by molar-refractivity contribution is -0.146. The number of benzene rings is 4. The molecule has 404 valence electrons. The molecule has 0 fully saturated rings. The lowest BCUT2D eigenvalue weighted by atomic mass is 9.68. The molecule has 0 amide bonds. The van der Waals surface area contributed by atoms with E-state index in [1.807, 2.05) is 24.3 Å². The Labute approximate surface area is 441 Å². The second-order valence-electron chi connectivity index (χ2n) is 19.3. The first-order valence-corrected chi connectivity index (χ1v) is 24.8. The number of rotatable bonds is 34. The van der Waals surface area contributed by atoms with Gasteiger partial charge < -0.3 is 58.6 Å². The molecule has 4 aromatic carbocycles. The van der Waals surface area contributed by atoms with Gasteiger partial charge in [-0.3, -0.25) is 19.2 Å². The second kappa shape index (κ2) is 30.2. The summed E-state index contributed by atoms with van der Waals surface area (Å²) in [4.78, 5) is 50.8. The molecule has 0 saturated heterocycles. The Morgan fingerprint density at radius 1 is 0.427 bits per heavy atom. The van der Waals surface area contributed by atoms with E-state index in [0.717, 1.165) is 17.5 Å². The molecule has 0 heterocycles. The van der Waals surface area contributed by atoms with Crippen LogP contribution < -0.4 is 19.3 Å². The van der Waals surface area contributed by atoms with Crippen molar-refractivity contribution in [3.63, 3.8) is 0 Å². The van der Waals surface area contributed by atoms with Gasteiger partial charge in [-0.05, 0) is 101 Å². The van der Waals surface area contributed by atoms with Crippen molar-refractivity contribution in [3.05, 3.63) is 159 Å². The normalized spacial score (nSPS) is 12.9. The predicted molar refractivity (Wildman–Crippen MR) is 288 cm³/mol. The molecule has 0 aliphatic heterocycles. The van der Waals surface area contributed by atoms with Gasteiger partial charge in [0.1, 0.15) is 73.8 Å². The zero-order valence-electron chi connectivity index (χ0n) is 43.6. The number of esters is 4. The van der Waals surface area contributed by atoms with Crippen molar-refractivity contribution in [2.45, 2.75) is 95.0 Å². The molecule has 0 aliphatic carbocycles. The van der Waals surface area contributed by atoms with Crippen molar-refractivity contribution >= 4 is 35.3 Å². The molecule has 4 unspecified atom stereocenters. The topological polar surface area (TPSA) is 211 Å². The maximum absolute atomic E-state index is 11.9. The van der Waals surface area contributed by atoms with Crippen LogP contribution in [0.1, 0.15) is 70.9 Å². The first-order valence-electron chi connectivity index (χ1n) is 24.8. The van der Waals surface area contributed by atoms with Crippen molar-refractivity contribution in [1.82, 2.24) is 0 Å². The van der Waals surface area contributed by atoms with Crippen LogP contribution in [0.5, 0.6) is 23.0 Å². The minimum absolute atomic E-state index is 0.00915. The largest absolute Gasteiger partial charge is 0.463 e. The fourth-order valence-corrected chi connectivity index (χ4v) is 8.24. The van der Waals surface area contributed by atoms with Crippen molar-refractivity contribution in [2.24, 2.45) is 0 Å². The van der Waals surface area contributed by atoms with E-state index in [4.69, 9.17) is 28.4 Å². The maximum Gasteiger partial charge on any atom is 0.309 e. The molecule has 0 spiro atoms. The van der Waals surface area contributed by atoms with Gasteiger partial charge in [-0.1, -0.05) is 76.3 Å². The average molecular weight is 1040 g/mol. The van der Waals surface area contributed by atoms with Gasteiger partial charge in [0.15, 0.2) is 0 Å². The lowest BCUT2D eigenvalue weighted by Gasteiger charge is -2.36. The molecule has 16 nitrogen and oxygen atoms in total. The van der Waals surface area contributed by atoms with E-state index in [1.54, 1.807) is 58.3 Å². The SMILES string of the molecule is C=CCC(=O)OCC(O)CN(CC(O)COC(=O)CC=C)c1ccc(Oc2ccc(C(C)(C)CC(C)(C)c3ccc(Oc4ccc(N(CC(O)COC(=O)CC=C)CC(O)COC(=O)CC=C)cc4)cc3)cc2)cc1. The van der Waals surface area contributed by atoms with Crippen LogP contribution in [0.25, 0.3) is 0 Å². The van der Waals surface area contributed by atoms with Crippen molar-refractivity contribution < 1.29 is 68.0 Å². The molecule has 4 aromatic rings. The van der Waals surface area contributed by atoms with Gasteiger partial charge in [-0.2, -0.15) is 0 Å². The summed E-state index contributed by atoms with van der Waals surface area (Å²) in [7, 11) is 0. The summed E-state index contributed by atoms with van der Waals surface area (Å²) in [5.74, 6) is 0.299. The quantitative estimate of drug-likeness (QED) is 0.0196. The number of hydrogen-bond donors (Lipinski definition) is 4. The molecule has 0 saturated carbocycles. The van der Waals surface area contributed by atoms with Crippen LogP contribution in [0.3, 0.4) is 0 Å². The summed E-state index contributed by atoms with van der Waals surface area (Å²) in [5.41, 5.74) is 3.06. The van der Waals surface area contributed by atoms with E-state index in [2.05, 4.69) is 78.3 Å². The number of hydrogen-bond acceptors (Lipinski definition) is 16.